The van der Waals surface area contributed by atoms with E-state index in [0.717, 1.165) is 17.2 Å². The Labute approximate surface area is 98.6 Å². The van der Waals surface area contributed by atoms with E-state index in [0.29, 0.717) is 6.04 Å². The Morgan fingerprint density at radius 3 is 3.00 bits per heavy atom. The normalized spacial score (nSPS) is 19.9. The molecule has 1 fully saturated rings. The van der Waals surface area contributed by atoms with Crippen LogP contribution >= 0.6 is 11.8 Å². The molecule has 4 nitrogen and oxygen atoms in total. The van der Waals surface area contributed by atoms with Crippen molar-refractivity contribution in [3.8, 4) is 0 Å². The maximum Gasteiger partial charge on any atom is 0.282 e. The van der Waals surface area contributed by atoms with E-state index in [4.69, 9.17) is 0 Å². The Morgan fingerprint density at radius 2 is 2.31 bits per heavy atom. The summed E-state index contributed by atoms with van der Waals surface area (Å²) in [5.74, 6) is 0.908. The second-order valence-electron chi connectivity index (χ2n) is 3.83. The lowest BCUT2D eigenvalue weighted by Gasteiger charge is -2.09. The van der Waals surface area contributed by atoms with E-state index in [9.17, 15) is 10.1 Å². The molecule has 1 atom stereocenters. The third-order valence-electron chi connectivity index (χ3n) is 2.66. The summed E-state index contributed by atoms with van der Waals surface area (Å²) in [6.45, 7) is 1.07. The quantitative estimate of drug-likeness (QED) is 0.497. The highest BCUT2D eigenvalue weighted by atomic mass is 32.2. The fourth-order valence-electron chi connectivity index (χ4n) is 1.82. The number of rotatable bonds is 4. The molecule has 1 aliphatic rings. The van der Waals surface area contributed by atoms with Gasteiger partial charge in [-0.25, -0.2) is 0 Å². The van der Waals surface area contributed by atoms with Gasteiger partial charge in [0, 0.05) is 17.9 Å². The zero-order valence-electron chi connectivity index (χ0n) is 8.89. The van der Waals surface area contributed by atoms with Crippen molar-refractivity contribution in [2.24, 2.45) is 0 Å². The molecule has 1 saturated heterocycles. The van der Waals surface area contributed by atoms with Gasteiger partial charge in [-0.1, -0.05) is 12.1 Å². The van der Waals surface area contributed by atoms with Gasteiger partial charge in [0.1, 0.15) is 0 Å². The lowest BCUT2D eigenvalue weighted by molar-refractivity contribution is -0.387. The summed E-state index contributed by atoms with van der Waals surface area (Å²) in [5.41, 5.74) is 0.213. The van der Waals surface area contributed by atoms with Crippen LogP contribution in [0, 0.1) is 10.1 Å². The van der Waals surface area contributed by atoms with E-state index in [1.807, 2.05) is 12.1 Å². The van der Waals surface area contributed by atoms with Gasteiger partial charge in [-0.15, -0.1) is 11.8 Å². The number of para-hydroxylation sites is 1. The Bertz CT molecular complexity index is 378. The van der Waals surface area contributed by atoms with Crippen LogP contribution in [0.15, 0.2) is 29.2 Å². The first-order chi connectivity index (χ1) is 7.77. The van der Waals surface area contributed by atoms with Crippen LogP contribution in [-0.2, 0) is 0 Å². The minimum Gasteiger partial charge on any atom is -0.313 e. The molecule has 1 aliphatic heterocycles. The van der Waals surface area contributed by atoms with E-state index >= 15 is 0 Å². The number of hydrogen-bond donors (Lipinski definition) is 1. The maximum absolute atomic E-state index is 10.8. The summed E-state index contributed by atoms with van der Waals surface area (Å²) in [7, 11) is 0. The predicted molar refractivity (Wildman–Crippen MR) is 64.8 cm³/mol. The number of benzene rings is 1. The first-order valence-electron chi connectivity index (χ1n) is 5.37. The van der Waals surface area contributed by atoms with Crippen LogP contribution in [-0.4, -0.2) is 23.3 Å². The molecule has 1 N–H and O–H groups in total. The molecule has 0 amide bonds. The Hall–Kier alpha value is -1.07. The summed E-state index contributed by atoms with van der Waals surface area (Å²) >= 11 is 1.57. The zero-order valence-corrected chi connectivity index (χ0v) is 9.70. The number of thioether (sulfide) groups is 1. The van der Waals surface area contributed by atoms with Crippen LogP contribution in [0.25, 0.3) is 0 Å². The van der Waals surface area contributed by atoms with Gasteiger partial charge in [-0.05, 0) is 25.5 Å². The minimum absolute atomic E-state index is 0.213. The average Bonchev–Trinajstić information content (AvgIpc) is 2.79. The first kappa shape index (κ1) is 11.4. The van der Waals surface area contributed by atoms with Gasteiger partial charge in [0.25, 0.3) is 5.69 Å². The molecule has 0 radical (unpaired) electrons. The number of nitrogens with one attached hydrogen (secondary N) is 1. The summed E-state index contributed by atoms with van der Waals surface area (Å²) in [6, 6.07) is 7.43. The molecule has 2 rings (SSSR count). The van der Waals surface area contributed by atoms with E-state index in [2.05, 4.69) is 5.32 Å². The molecule has 5 heteroatoms. The maximum atomic E-state index is 10.8. The molecule has 1 aromatic rings. The third kappa shape index (κ3) is 2.74. The fraction of sp³-hybridized carbons (Fsp3) is 0.455. The van der Waals surface area contributed by atoms with Gasteiger partial charge in [0.15, 0.2) is 0 Å². The van der Waals surface area contributed by atoms with Crippen molar-refractivity contribution in [2.75, 3.05) is 12.3 Å². The predicted octanol–water partition coefficient (Wildman–Crippen LogP) is 2.44. The van der Waals surface area contributed by atoms with Crippen molar-refractivity contribution in [3.05, 3.63) is 34.4 Å². The van der Waals surface area contributed by atoms with Crippen molar-refractivity contribution in [3.63, 3.8) is 0 Å². The second kappa shape index (κ2) is 5.32. The van der Waals surface area contributed by atoms with Crippen LogP contribution < -0.4 is 5.32 Å². The van der Waals surface area contributed by atoms with Gasteiger partial charge in [0.05, 0.1) is 9.82 Å². The number of hydrogen-bond acceptors (Lipinski definition) is 4. The van der Waals surface area contributed by atoms with Crippen molar-refractivity contribution in [1.29, 1.82) is 0 Å². The standard InChI is InChI=1S/C11H14N2O2S/c14-13(15)10-5-1-2-6-11(10)16-8-9-4-3-7-12-9/h1-2,5-6,9,12H,3-4,7-8H2/t9-/m0/s1. The summed E-state index contributed by atoms with van der Waals surface area (Å²) in [6.07, 6.45) is 2.38. The molecule has 86 valence electrons. The first-order valence-corrected chi connectivity index (χ1v) is 6.35. The van der Waals surface area contributed by atoms with E-state index in [-0.39, 0.29) is 10.6 Å². The third-order valence-corrected chi connectivity index (χ3v) is 3.89. The lowest BCUT2D eigenvalue weighted by Crippen LogP contribution is -2.23. The van der Waals surface area contributed by atoms with Gasteiger partial charge in [0.2, 0.25) is 0 Å². The topological polar surface area (TPSA) is 55.2 Å². The van der Waals surface area contributed by atoms with Crippen molar-refractivity contribution >= 4 is 17.4 Å². The largest absolute Gasteiger partial charge is 0.313 e. The minimum atomic E-state index is -0.315. The average molecular weight is 238 g/mol. The zero-order chi connectivity index (χ0) is 11.4. The molecule has 1 aromatic carbocycles. The van der Waals surface area contributed by atoms with Crippen molar-refractivity contribution < 1.29 is 4.92 Å². The van der Waals surface area contributed by atoms with Gasteiger partial charge in [-0.2, -0.15) is 0 Å². The molecule has 0 aromatic heterocycles. The number of nitro benzene ring substituents is 1. The molecular formula is C11H14N2O2S. The van der Waals surface area contributed by atoms with Crippen molar-refractivity contribution in [2.45, 2.75) is 23.8 Å². The second-order valence-corrected chi connectivity index (χ2v) is 4.89. The number of nitro groups is 1. The Kier molecular flexibility index (Phi) is 3.79. The highest BCUT2D eigenvalue weighted by molar-refractivity contribution is 7.99. The highest BCUT2D eigenvalue weighted by Crippen LogP contribution is 2.29. The molecule has 1 heterocycles. The van der Waals surface area contributed by atoms with Crippen LogP contribution in [0.3, 0.4) is 0 Å². The van der Waals surface area contributed by atoms with Gasteiger partial charge in [-0.3, -0.25) is 10.1 Å². The molecule has 0 spiro atoms. The molecule has 16 heavy (non-hydrogen) atoms. The monoisotopic (exact) mass is 238 g/mol. The summed E-state index contributed by atoms with van der Waals surface area (Å²) in [4.78, 5) is 11.2. The molecule has 0 unspecified atom stereocenters. The Balaban J connectivity index is 2.00. The molecule has 0 bridgehead atoms. The van der Waals surface area contributed by atoms with Crippen LogP contribution in [0.5, 0.6) is 0 Å². The highest BCUT2D eigenvalue weighted by Gasteiger charge is 2.17. The lowest BCUT2D eigenvalue weighted by atomic mass is 10.3. The number of nitrogens with zero attached hydrogens (tertiary/aromatic N) is 1. The molecule has 0 saturated carbocycles. The fourth-order valence-corrected chi connectivity index (χ4v) is 2.95. The van der Waals surface area contributed by atoms with Crippen LogP contribution in [0.2, 0.25) is 0 Å². The smallest absolute Gasteiger partial charge is 0.282 e. The van der Waals surface area contributed by atoms with Crippen LogP contribution in [0.4, 0.5) is 5.69 Å². The van der Waals surface area contributed by atoms with E-state index in [1.165, 1.54) is 12.8 Å². The summed E-state index contributed by atoms with van der Waals surface area (Å²) in [5, 5.41) is 14.2. The molecular weight excluding hydrogens is 224 g/mol. The molecule has 0 aliphatic carbocycles. The van der Waals surface area contributed by atoms with Gasteiger partial charge < -0.3 is 5.32 Å². The SMILES string of the molecule is O=[N+]([O-])c1ccccc1SC[C@@H]1CCCN1. The van der Waals surface area contributed by atoms with Crippen LogP contribution in [0.1, 0.15) is 12.8 Å². The summed E-state index contributed by atoms with van der Waals surface area (Å²) < 4.78 is 0. The van der Waals surface area contributed by atoms with Crippen molar-refractivity contribution in [1.82, 2.24) is 5.32 Å². The Morgan fingerprint density at radius 1 is 1.50 bits per heavy atom. The van der Waals surface area contributed by atoms with Gasteiger partial charge >= 0.3 is 0 Å². The van der Waals surface area contributed by atoms with E-state index < -0.39 is 0 Å². The van der Waals surface area contributed by atoms with E-state index in [1.54, 1.807) is 23.9 Å².